The molecule has 0 bridgehead atoms. The Bertz CT molecular complexity index is 580. The van der Waals surface area contributed by atoms with Crippen molar-refractivity contribution in [3.63, 3.8) is 0 Å². The Morgan fingerprint density at radius 1 is 1.23 bits per heavy atom. The molecule has 5 heteroatoms. The maximum absolute atomic E-state index is 12.5. The molecule has 1 unspecified atom stereocenters. The van der Waals surface area contributed by atoms with E-state index in [1.54, 1.807) is 0 Å². The van der Waals surface area contributed by atoms with Crippen molar-refractivity contribution < 1.29 is 14.3 Å². The van der Waals surface area contributed by atoms with Crippen molar-refractivity contribution in [3.8, 4) is 11.5 Å². The predicted octanol–water partition coefficient (Wildman–Crippen LogP) is 3.62. The number of carbonyl (C=O) groups is 1. The van der Waals surface area contributed by atoms with E-state index in [0.29, 0.717) is 6.61 Å². The smallest absolute Gasteiger partial charge is 0.237 e. The molecular formula is C21H34N2O3. The SMILES string of the molecule is CCOc1ccccc1OC1CCN(C(C)C(=O)NC(C)(C)CC)CC1. The highest BCUT2D eigenvalue weighted by molar-refractivity contribution is 5.82. The number of nitrogens with zero attached hydrogens (tertiary/aromatic N) is 1. The second-order valence-corrected chi connectivity index (χ2v) is 7.64. The third kappa shape index (κ3) is 5.63. The van der Waals surface area contributed by atoms with E-state index in [2.05, 4.69) is 31.0 Å². The number of nitrogens with one attached hydrogen (secondary N) is 1. The third-order valence-electron chi connectivity index (χ3n) is 5.19. The normalized spacial score (nSPS) is 17.6. The van der Waals surface area contributed by atoms with Crippen LogP contribution in [0.25, 0.3) is 0 Å². The Morgan fingerprint density at radius 3 is 2.42 bits per heavy atom. The van der Waals surface area contributed by atoms with Crippen molar-refractivity contribution in [1.82, 2.24) is 10.2 Å². The van der Waals surface area contributed by atoms with Gasteiger partial charge in [-0.2, -0.15) is 0 Å². The number of rotatable bonds is 8. The average molecular weight is 363 g/mol. The van der Waals surface area contributed by atoms with Crippen molar-refractivity contribution in [3.05, 3.63) is 24.3 Å². The molecular weight excluding hydrogens is 328 g/mol. The summed E-state index contributed by atoms with van der Waals surface area (Å²) in [6.45, 7) is 12.5. The quantitative estimate of drug-likeness (QED) is 0.767. The summed E-state index contributed by atoms with van der Waals surface area (Å²) < 4.78 is 11.8. The van der Waals surface area contributed by atoms with Crippen LogP contribution in [0.15, 0.2) is 24.3 Å². The minimum Gasteiger partial charge on any atom is -0.490 e. The molecule has 1 aliphatic heterocycles. The Morgan fingerprint density at radius 2 is 1.85 bits per heavy atom. The maximum Gasteiger partial charge on any atom is 0.237 e. The molecule has 1 N–H and O–H groups in total. The van der Waals surface area contributed by atoms with Crippen molar-refractivity contribution in [2.24, 2.45) is 0 Å². The van der Waals surface area contributed by atoms with Gasteiger partial charge in [0, 0.05) is 18.6 Å². The summed E-state index contributed by atoms with van der Waals surface area (Å²) in [6.07, 6.45) is 2.90. The second-order valence-electron chi connectivity index (χ2n) is 7.64. The highest BCUT2D eigenvalue weighted by atomic mass is 16.5. The van der Waals surface area contributed by atoms with E-state index in [9.17, 15) is 4.79 Å². The van der Waals surface area contributed by atoms with E-state index in [1.165, 1.54) is 0 Å². The van der Waals surface area contributed by atoms with Crippen molar-refractivity contribution in [2.45, 2.75) is 71.6 Å². The number of amides is 1. The lowest BCUT2D eigenvalue weighted by molar-refractivity contribution is -0.128. The lowest BCUT2D eigenvalue weighted by Gasteiger charge is -2.37. The molecule has 1 aromatic rings. The van der Waals surface area contributed by atoms with Crippen LogP contribution in [-0.4, -0.2) is 48.2 Å². The van der Waals surface area contributed by atoms with Crippen molar-refractivity contribution in [2.75, 3.05) is 19.7 Å². The van der Waals surface area contributed by atoms with Crippen LogP contribution in [-0.2, 0) is 4.79 Å². The molecule has 0 spiro atoms. The molecule has 1 fully saturated rings. The zero-order valence-electron chi connectivity index (χ0n) is 16.9. The fraction of sp³-hybridized carbons (Fsp3) is 0.667. The highest BCUT2D eigenvalue weighted by Crippen LogP contribution is 2.29. The van der Waals surface area contributed by atoms with Gasteiger partial charge in [-0.05, 0) is 59.1 Å². The first-order chi connectivity index (χ1) is 12.4. The summed E-state index contributed by atoms with van der Waals surface area (Å²) in [5.41, 5.74) is -0.157. The molecule has 1 aliphatic rings. The van der Waals surface area contributed by atoms with Gasteiger partial charge in [-0.3, -0.25) is 9.69 Å². The minimum absolute atomic E-state index is 0.109. The van der Waals surface area contributed by atoms with Gasteiger partial charge in [0.05, 0.1) is 12.6 Å². The molecule has 1 amide bonds. The van der Waals surface area contributed by atoms with Crippen molar-refractivity contribution in [1.29, 1.82) is 0 Å². The first-order valence-electron chi connectivity index (χ1n) is 9.81. The van der Waals surface area contributed by atoms with Crippen LogP contribution in [0.1, 0.15) is 53.9 Å². The average Bonchev–Trinajstić information content (AvgIpc) is 2.63. The van der Waals surface area contributed by atoms with Gasteiger partial charge in [-0.15, -0.1) is 0 Å². The maximum atomic E-state index is 12.5. The Kier molecular flexibility index (Phi) is 7.33. The van der Waals surface area contributed by atoms with Crippen LogP contribution in [0.2, 0.25) is 0 Å². The zero-order chi connectivity index (χ0) is 19.2. The molecule has 1 atom stereocenters. The molecule has 1 aromatic carbocycles. The Labute approximate surface area is 158 Å². The molecule has 2 rings (SSSR count). The topological polar surface area (TPSA) is 50.8 Å². The number of hydrogen-bond acceptors (Lipinski definition) is 4. The van der Waals surface area contributed by atoms with Gasteiger partial charge in [-0.1, -0.05) is 19.1 Å². The van der Waals surface area contributed by atoms with E-state index in [4.69, 9.17) is 9.47 Å². The van der Waals surface area contributed by atoms with Gasteiger partial charge >= 0.3 is 0 Å². The first kappa shape index (κ1) is 20.6. The van der Waals surface area contributed by atoms with Crippen LogP contribution in [0.5, 0.6) is 11.5 Å². The molecule has 0 saturated carbocycles. The molecule has 26 heavy (non-hydrogen) atoms. The van der Waals surface area contributed by atoms with Crippen molar-refractivity contribution >= 4 is 5.91 Å². The summed E-state index contributed by atoms with van der Waals surface area (Å²) in [7, 11) is 0. The monoisotopic (exact) mass is 362 g/mol. The summed E-state index contributed by atoms with van der Waals surface area (Å²) in [4.78, 5) is 14.8. The largest absolute Gasteiger partial charge is 0.490 e. The number of carbonyl (C=O) groups excluding carboxylic acids is 1. The molecule has 1 heterocycles. The number of benzene rings is 1. The number of para-hydroxylation sites is 2. The van der Waals surface area contributed by atoms with Crippen LogP contribution in [0.3, 0.4) is 0 Å². The molecule has 0 radical (unpaired) electrons. The van der Waals surface area contributed by atoms with Crippen LogP contribution in [0, 0.1) is 0 Å². The highest BCUT2D eigenvalue weighted by Gasteiger charge is 2.30. The number of ether oxygens (including phenoxy) is 2. The van der Waals surface area contributed by atoms with E-state index >= 15 is 0 Å². The Balaban J connectivity index is 1.86. The van der Waals surface area contributed by atoms with Crippen LogP contribution >= 0.6 is 0 Å². The van der Waals surface area contributed by atoms with E-state index in [0.717, 1.165) is 43.9 Å². The van der Waals surface area contributed by atoms with E-state index in [1.807, 2.05) is 38.1 Å². The number of piperidine rings is 1. The predicted molar refractivity (Wildman–Crippen MR) is 105 cm³/mol. The van der Waals surface area contributed by atoms with Gasteiger partial charge in [0.25, 0.3) is 0 Å². The molecule has 146 valence electrons. The van der Waals surface area contributed by atoms with Gasteiger partial charge < -0.3 is 14.8 Å². The Hall–Kier alpha value is -1.75. The molecule has 0 aromatic heterocycles. The first-order valence-corrected chi connectivity index (χ1v) is 9.81. The van der Waals surface area contributed by atoms with E-state index < -0.39 is 0 Å². The fourth-order valence-corrected chi connectivity index (χ4v) is 3.07. The second kappa shape index (κ2) is 9.26. The lowest BCUT2D eigenvalue weighted by Crippen LogP contribution is -2.54. The zero-order valence-corrected chi connectivity index (χ0v) is 16.9. The lowest BCUT2D eigenvalue weighted by atomic mass is 10.0. The van der Waals surface area contributed by atoms with Crippen LogP contribution in [0.4, 0.5) is 0 Å². The standard InChI is InChI=1S/C21H34N2O3/c1-6-21(4,5)22-20(24)16(3)23-14-12-17(13-15-23)26-19-11-9-8-10-18(19)25-7-2/h8-11,16-17H,6-7,12-15H2,1-5H3,(H,22,24). The third-order valence-corrected chi connectivity index (χ3v) is 5.19. The number of hydrogen-bond donors (Lipinski definition) is 1. The van der Waals surface area contributed by atoms with E-state index in [-0.39, 0.29) is 23.6 Å². The number of likely N-dealkylation sites (tertiary alicyclic amines) is 1. The van der Waals surface area contributed by atoms with Crippen LogP contribution < -0.4 is 14.8 Å². The van der Waals surface area contributed by atoms with Gasteiger partial charge in [0.1, 0.15) is 6.10 Å². The minimum atomic E-state index is -0.157. The summed E-state index contributed by atoms with van der Waals surface area (Å²) in [5, 5.41) is 3.15. The summed E-state index contributed by atoms with van der Waals surface area (Å²) >= 11 is 0. The van der Waals surface area contributed by atoms with Gasteiger partial charge in [0.2, 0.25) is 5.91 Å². The molecule has 1 saturated heterocycles. The summed E-state index contributed by atoms with van der Waals surface area (Å²) in [6, 6.07) is 7.71. The van der Waals surface area contributed by atoms with Gasteiger partial charge in [0.15, 0.2) is 11.5 Å². The van der Waals surface area contributed by atoms with Gasteiger partial charge in [-0.25, -0.2) is 0 Å². The molecule has 0 aliphatic carbocycles. The summed E-state index contributed by atoms with van der Waals surface area (Å²) in [5.74, 6) is 1.72. The molecule has 5 nitrogen and oxygen atoms in total. The fourth-order valence-electron chi connectivity index (χ4n) is 3.07.